The third-order valence-electron chi connectivity index (χ3n) is 7.29. The van der Waals surface area contributed by atoms with E-state index in [1.807, 2.05) is 42.7 Å². The molecule has 1 aromatic carbocycles. The predicted octanol–water partition coefficient (Wildman–Crippen LogP) is 2.82. The average molecular weight is 474 g/mol. The second-order valence-corrected chi connectivity index (χ2v) is 11.7. The van der Waals surface area contributed by atoms with Crippen LogP contribution in [0.1, 0.15) is 46.6 Å². The highest BCUT2D eigenvalue weighted by molar-refractivity contribution is 7.91. The minimum Gasteiger partial charge on any atom is -0.457 e. The average Bonchev–Trinajstić information content (AvgIpc) is 3.16. The van der Waals surface area contributed by atoms with Crippen molar-refractivity contribution in [2.45, 2.75) is 39.7 Å². The van der Waals surface area contributed by atoms with E-state index in [1.54, 1.807) is 0 Å². The van der Waals surface area contributed by atoms with Crippen LogP contribution in [0.4, 0.5) is 0 Å². The number of esters is 1. The van der Waals surface area contributed by atoms with Gasteiger partial charge in [0.1, 0.15) is 9.84 Å². The predicted molar refractivity (Wildman–Crippen MR) is 119 cm³/mol. The van der Waals surface area contributed by atoms with Crippen molar-refractivity contribution in [1.82, 2.24) is 4.57 Å². The molecule has 0 bridgehead atoms. The minimum absolute atomic E-state index is 0.130. The Balaban J connectivity index is 1.21. The molecule has 1 aromatic heterocycles. The van der Waals surface area contributed by atoms with Crippen molar-refractivity contribution in [2.75, 3.05) is 24.9 Å². The lowest BCUT2D eigenvalue weighted by Gasteiger charge is -2.22. The quantitative estimate of drug-likeness (QED) is 0.470. The fourth-order valence-electron chi connectivity index (χ4n) is 5.04. The third-order valence-corrected chi connectivity index (χ3v) is 8.95. The fourth-order valence-corrected chi connectivity index (χ4v) is 6.68. The summed E-state index contributed by atoms with van der Waals surface area (Å²) in [5.74, 6) is 0.775. The Morgan fingerprint density at radius 1 is 1.12 bits per heavy atom. The zero-order valence-corrected chi connectivity index (χ0v) is 19.6. The largest absolute Gasteiger partial charge is 0.457 e. The summed E-state index contributed by atoms with van der Waals surface area (Å²) in [4.78, 5) is 25.3. The molecule has 9 heteroatoms. The summed E-state index contributed by atoms with van der Waals surface area (Å²) >= 11 is 0. The van der Waals surface area contributed by atoms with Crippen molar-refractivity contribution in [2.24, 2.45) is 11.3 Å². The number of hydrogen-bond acceptors (Lipinski definition) is 7. The van der Waals surface area contributed by atoms with Gasteiger partial charge in [-0.15, -0.1) is 0 Å². The van der Waals surface area contributed by atoms with Gasteiger partial charge in [-0.1, -0.05) is 6.07 Å². The SMILES string of the molecule is Cc1cc(C(=O)COC(=O)C2CC23CCS(=O)(=O)CC3)c(C)n1Cc1ccc2c(c1)OCO2. The van der Waals surface area contributed by atoms with Crippen molar-refractivity contribution < 1.29 is 32.2 Å². The molecule has 2 aromatic rings. The van der Waals surface area contributed by atoms with Gasteiger partial charge in [0.05, 0.1) is 17.4 Å². The molecular weight excluding hydrogens is 446 g/mol. The number of benzene rings is 1. The lowest BCUT2D eigenvalue weighted by atomic mass is 9.96. The van der Waals surface area contributed by atoms with Crippen molar-refractivity contribution in [3.8, 4) is 11.5 Å². The zero-order valence-electron chi connectivity index (χ0n) is 18.8. The van der Waals surface area contributed by atoms with Gasteiger partial charge in [0.15, 0.2) is 18.1 Å². The monoisotopic (exact) mass is 473 g/mol. The van der Waals surface area contributed by atoms with E-state index in [-0.39, 0.29) is 42.0 Å². The first-order chi connectivity index (χ1) is 15.7. The van der Waals surface area contributed by atoms with Crippen LogP contribution >= 0.6 is 0 Å². The highest BCUT2D eigenvalue weighted by atomic mass is 32.2. The van der Waals surface area contributed by atoms with E-state index in [1.165, 1.54) is 0 Å². The van der Waals surface area contributed by atoms with Gasteiger partial charge in [-0.25, -0.2) is 8.42 Å². The Hall–Kier alpha value is -2.81. The normalized spacial score (nSPS) is 21.7. The Kier molecular flexibility index (Phi) is 5.27. The summed E-state index contributed by atoms with van der Waals surface area (Å²) in [6.45, 7) is 4.31. The number of aryl methyl sites for hydroxylation is 1. The van der Waals surface area contributed by atoms with Gasteiger partial charge in [0.25, 0.3) is 0 Å². The molecular formula is C24H27NO7S. The number of ketones is 1. The van der Waals surface area contributed by atoms with Crippen LogP contribution in [0.15, 0.2) is 24.3 Å². The highest BCUT2D eigenvalue weighted by Gasteiger charge is 2.60. The number of Topliss-reactive ketones (excluding diaryl/α,β-unsaturated/α-hetero) is 1. The summed E-state index contributed by atoms with van der Waals surface area (Å²) < 4.78 is 41.5. The number of rotatable bonds is 6. The number of carbonyl (C=O) groups is 2. The summed E-state index contributed by atoms with van der Waals surface area (Å²) in [5.41, 5.74) is 3.07. The van der Waals surface area contributed by atoms with Gasteiger partial charge < -0.3 is 18.8 Å². The molecule has 33 heavy (non-hydrogen) atoms. The molecule has 1 atom stereocenters. The van der Waals surface area contributed by atoms with Crippen LogP contribution in [-0.4, -0.2) is 49.6 Å². The number of fused-ring (bicyclic) bond motifs is 1. The number of aromatic nitrogens is 1. The lowest BCUT2D eigenvalue weighted by Crippen LogP contribution is -2.27. The van der Waals surface area contributed by atoms with Crippen LogP contribution in [0.5, 0.6) is 11.5 Å². The summed E-state index contributed by atoms with van der Waals surface area (Å²) in [7, 11) is -2.98. The fraction of sp³-hybridized carbons (Fsp3) is 0.500. The van der Waals surface area contributed by atoms with E-state index < -0.39 is 15.8 Å². The summed E-state index contributed by atoms with van der Waals surface area (Å²) in [5, 5.41) is 0. The maximum atomic E-state index is 12.8. The van der Waals surface area contributed by atoms with E-state index in [0.717, 1.165) is 22.7 Å². The van der Waals surface area contributed by atoms with Gasteiger partial charge >= 0.3 is 5.97 Å². The summed E-state index contributed by atoms with van der Waals surface area (Å²) in [6, 6.07) is 7.61. The van der Waals surface area contributed by atoms with Gasteiger partial charge in [0.2, 0.25) is 12.6 Å². The maximum absolute atomic E-state index is 12.8. The molecule has 1 unspecified atom stereocenters. The smallest absolute Gasteiger partial charge is 0.309 e. The van der Waals surface area contributed by atoms with Crippen LogP contribution in [0.25, 0.3) is 0 Å². The Bertz CT molecular complexity index is 1230. The van der Waals surface area contributed by atoms with Gasteiger partial charge in [-0.2, -0.15) is 0 Å². The highest BCUT2D eigenvalue weighted by Crippen LogP contribution is 2.60. The first kappa shape index (κ1) is 22.0. The Morgan fingerprint density at radius 3 is 2.61 bits per heavy atom. The Morgan fingerprint density at radius 2 is 1.85 bits per heavy atom. The molecule has 0 radical (unpaired) electrons. The minimum atomic E-state index is -2.98. The van der Waals surface area contributed by atoms with Crippen LogP contribution < -0.4 is 9.47 Å². The van der Waals surface area contributed by atoms with Crippen molar-refractivity contribution in [3.63, 3.8) is 0 Å². The zero-order chi connectivity index (χ0) is 23.4. The molecule has 176 valence electrons. The molecule has 3 heterocycles. The van der Waals surface area contributed by atoms with Crippen LogP contribution in [0, 0.1) is 25.2 Å². The van der Waals surface area contributed by atoms with E-state index in [2.05, 4.69) is 0 Å². The van der Waals surface area contributed by atoms with Gasteiger partial charge in [0, 0.05) is 23.5 Å². The number of carbonyl (C=O) groups excluding carboxylic acids is 2. The number of sulfone groups is 1. The molecule has 1 spiro atoms. The van der Waals surface area contributed by atoms with E-state index in [9.17, 15) is 18.0 Å². The van der Waals surface area contributed by atoms with Crippen LogP contribution in [0.2, 0.25) is 0 Å². The number of nitrogens with zero attached hydrogens (tertiary/aromatic N) is 1. The Labute approximate surface area is 192 Å². The molecule has 0 N–H and O–H groups in total. The lowest BCUT2D eigenvalue weighted by molar-refractivity contribution is -0.145. The van der Waals surface area contributed by atoms with Crippen molar-refractivity contribution in [3.05, 3.63) is 46.8 Å². The molecule has 0 amide bonds. The van der Waals surface area contributed by atoms with Gasteiger partial charge in [-0.05, 0) is 62.3 Å². The molecule has 8 nitrogen and oxygen atoms in total. The number of ether oxygens (including phenoxy) is 3. The number of hydrogen-bond donors (Lipinski definition) is 0. The van der Waals surface area contributed by atoms with Gasteiger partial charge in [-0.3, -0.25) is 9.59 Å². The topological polar surface area (TPSA) is 101 Å². The third kappa shape index (κ3) is 4.14. The standard InChI is InChI=1S/C24H27NO7S/c1-15-9-18(16(2)25(15)12-17-3-4-21-22(10-17)32-14-31-21)20(26)13-30-23(27)19-11-24(19)5-7-33(28,29)8-6-24/h3-4,9-10,19H,5-8,11-14H2,1-2H3. The van der Waals surface area contributed by atoms with Crippen molar-refractivity contribution in [1.29, 1.82) is 0 Å². The maximum Gasteiger partial charge on any atom is 0.309 e. The van der Waals surface area contributed by atoms with Crippen LogP contribution in [-0.2, 0) is 25.9 Å². The molecule has 1 saturated heterocycles. The first-order valence-electron chi connectivity index (χ1n) is 11.1. The molecule has 1 saturated carbocycles. The first-order valence-corrected chi connectivity index (χ1v) is 13.0. The molecule has 1 aliphatic carbocycles. The van der Waals surface area contributed by atoms with Crippen LogP contribution in [0.3, 0.4) is 0 Å². The van der Waals surface area contributed by atoms with Crippen molar-refractivity contribution >= 4 is 21.6 Å². The second-order valence-electron chi connectivity index (χ2n) is 9.36. The summed E-state index contributed by atoms with van der Waals surface area (Å²) in [6.07, 6.45) is 1.66. The molecule has 2 aliphatic heterocycles. The van der Waals surface area contributed by atoms with E-state index in [4.69, 9.17) is 14.2 Å². The molecule has 5 rings (SSSR count). The molecule has 3 aliphatic rings. The van der Waals surface area contributed by atoms with E-state index >= 15 is 0 Å². The second kappa shape index (κ2) is 7.90. The molecule has 2 fully saturated rings. The van der Waals surface area contributed by atoms with E-state index in [0.29, 0.717) is 37.1 Å².